The summed E-state index contributed by atoms with van der Waals surface area (Å²) in [6, 6.07) is 15.7. The number of aromatic nitrogens is 1. The van der Waals surface area contributed by atoms with Gasteiger partial charge < -0.3 is 14.9 Å². The molecule has 2 heterocycles. The van der Waals surface area contributed by atoms with Gasteiger partial charge in [0.2, 0.25) is 5.69 Å². The van der Waals surface area contributed by atoms with E-state index in [1.165, 1.54) is 30.5 Å². The number of β-amino-alcohol motifs (C(OH)–C–C–N with tert-alkyl or cyclic N) is 1. The molecule has 1 aliphatic heterocycles. The van der Waals surface area contributed by atoms with Crippen molar-refractivity contribution in [3.8, 4) is 17.6 Å². The minimum absolute atomic E-state index is 0.00880. The van der Waals surface area contributed by atoms with Crippen molar-refractivity contribution >= 4 is 15.7 Å². The number of rotatable bonds is 5. The average Bonchev–Trinajstić information content (AvgIpc) is 3.21. The van der Waals surface area contributed by atoms with Crippen LogP contribution in [0.3, 0.4) is 0 Å². The van der Waals surface area contributed by atoms with Crippen molar-refractivity contribution in [1.29, 1.82) is 0 Å². The van der Waals surface area contributed by atoms with Gasteiger partial charge in [0.1, 0.15) is 23.3 Å². The number of sulfonamides is 1. The smallest absolute Gasteiger partial charge is 0.260 e. The van der Waals surface area contributed by atoms with Crippen LogP contribution < -0.4 is 4.74 Å². The van der Waals surface area contributed by atoms with E-state index in [0.29, 0.717) is 5.56 Å². The molecule has 10 heteroatoms. The zero-order valence-corrected chi connectivity index (χ0v) is 19.1. The fourth-order valence-corrected chi connectivity index (χ4v) is 4.94. The number of aliphatic hydroxyl groups excluding tert-OH is 1. The maximum absolute atomic E-state index is 13.9. The number of nitrogens with zero attached hydrogens (tertiary/aromatic N) is 3. The van der Waals surface area contributed by atoms with Crippen LogP contribution in [0.5, 0.6) is 5.75 Å². The van der Waals surface area contributed by atoms with Crippen molar-refractivity contribution in [3.63, 3.8) is 0 Å². The van der Waals surface area contributed by atoms with Crippen LogP contribution in [0.25, 0.3) is 4.85 Å². The number of halogens is 1. The summed E-state index contributed by atoms with van der Waals surface area (Å²) in [5.41, 5.74) is -0.803. The molecule has 0 radical (unpaired) electrons. The molecule has 2 atom stereocenters. The third kappa shape index (κ3) is 5.16. The van der Waals surface area contributed by atoms with Crippen molar-refractivity contribution in [1.82, 2.24) is 9.29 Å². The lowest BCUT2D eigenvalue weighted by atomic mass is 10.0. The van der Waals surface area contributed by atoms with Gasteiger partial charge in [-0.2, -0.15) is 4.31 Å². The standard InChI is InChI=1S/C25H20FN3O5S/c1-27-22-11-10-20(13-21(22)26)34-23-15-29(16-25(23,31)17-30)35(32,33)24-12-9-19(14-28-24)8-7-18-5-3-2-4-6-18/h2-6,9-14,23,30-31H,15-17H2/t23-,25+/m0/s1. The van der Waals surface area contributed by atoms with Crippen molar-refractivity contribution in [2.24, 2.45) is 0 Å². The second kappa shape index (κ2) is 9.82. The van der Waals surface area contributed by atoms with Crippen molar-refractivity contribution in [3.05, 3.63) is 95.2 Å². The van der Waals surface area contributed by atoms with E-state index in [4.69, 9.17) is 11.3 Å². The third-order valence-corrected chi connectivity index (χ3v) is 7.20. The highest BCUT2D eigenvalue weighted by molar-refractivity contribution is 7.89. The molecule has 3 aromatic rings. The van der Waals surface area contributed by atoms with E-state index < -0.39 is 40.7 Å². The SMILES string of the molecule is [C-]#[N+]c1ccc(O[C@H]2CN(S(=O)(=O)c3ccc(C#Cc4ccccc4)cn3)C[C@@]2(O)CO)cc1F. The van der Waals surface area contributed by atoms with E-state index in [9.17, 15) is 23.0 Å². The number of aliphatic hydroxyl groups is 2. The molecule has 4 rings (SSSR count). The second-order valence-electron chi connectivity index (χ2n) is 7.89. The van der Waals surface area contributed by atoms with Crippen LogP contribution in [0.4, 0.5) is 10.1 Å². The summed E-state index contributed by atoms with van der Waals surface area (Å²) in [6.45, 7) is 5.37. The molecule has 35 heavy (non-hydrogen) atoms. The molecular weight excluding hydrogens is 473 g/mol. The first-order valence-electron chi connectivity index (χ1n) is 10.5. The van der Waals surface area contributed by atoms with E-state index in [1.54, 1.807) is 0 Å². The van der Waals surface area contributed by atoms with Crippen molar-refractivity contribution < 1.29 is 27.8 Å². The lowest BCUT2D eigenvalue weighted by Gasteiger charge is -2.27. The zero-order chi connectivity index (χ0) is 25.1. The molecule has 0 unspecified atom stereocenters. The summed E-state index contributed by atoms with van der Waals surface area (Å²) in [7, 11) is -4.14. The highest BCUT2D eigenvalue weighted by Gasteiger charge is 2.51. The summed E-state index contributed by atoms with van der Waals surface area (Å²) in [5.74, 6) is 5.06. The van der Waals surface area contributed by atoms with Gasteiger partial charge in [0, 0.05) is 29.9 Å². The molecule has 0 aliphatic carbocycles. The van der Waals surface area contributed by atoms with Gasteiger partial charge in [-0.3, -0.25) is 0 Å². The van der Waals surface area contributed by atoms with E-state index in [-0.39, 0.29) is 23.0 Å². The quantitative estimate of drug-likeness (QED) is 0.418. The maximum Gasteiger partial charge on any atom is 0.260 e. The third-order valence-electron chi connectivity index (χ3n) is 5.48. The zero-order valence-electron chi connectivity index (χ0n) is 18.3. The van der Waals surface area contributed by atoms with Gasteiger partial charge in [0.25, 0.3) is 10.0 Å². The van der Waals surface area contributed by atoms with Crippen LogP contribution in [-0.4, -0.2) is 59.3 Å². The molecular formula is C25H20FN3O5S. The summed E-state index contributed by atoms with van der Waals surface area (Å²) in [5, 5.41) is 20.3. The first-order chi connectivity index (χ1) is 16.7. The number of ether oxygens (including phenoxy) is 1. The first-order valence-corrected chi connectivity index (χ1v) is 11.9. The Bertz CT molecular complexity index is 1430. The molecule has 0 saturated carbocycles. The Morgan fingerprint density at radius 2 is 1.91 bits per heavy atom. The van der Waals surface area contributed by atoms with Crippen LogP contribution in [0.2, 0.25) is 0 Å². The Kier molecular flexibility index (Phi) is 6.83. The van der Waals surface area contributed by atoms with Gasteiger partial charge in [-0.15, -0.1) is 0 Å². The lowest BCUT2D eigenvalue weighted by molar-refractivity contribution is -0.0641. The number of hydrogen-bond donors (Lipinski definition) is 2. The van der Waals surface area contributed by atoms with Gasteiger partial charge >= 0.3 is 0 Å². The van der Waals surface area contributed by atoms with Crippen LogP contribution >= 0.6 is 0 Å². The monoisotopic (exact) mass is 493 g/mol. The minimum Gasteiger partial charge on any atom is -0.486 e. The van der Waals surface area contributed by atoms with Gasteiger partial charge in [-0.1, -0.05) is 30.0 Å². The topological polar surface area (TPSA) is 104 Å². The Labute approximate surface area is 202 Å². The molecule has 0 spiro atoms. The number of hydrogen-bond acceptors (Lipinski definition) is 6. The lowest BCUT2D eigenvalue weighted by Crippen LogP contribution is -2.48. The van der Waals surface area contributed by atoms with E-state index >= 15 is 0 Å². The Morgan fingerprint density at radius 1 is 1.17 bits per heavy atom. The Hall–Kier alpha value is -3.80. The molecule has 0 bridgehead atoms. The molecule has 1 saturated heterocycles. The molecule has 8 nitrogen and oxygen atoms in total. The van der Waals surface area contributed by atoms with Crippen molar-refractivity contribution in [2.45, 2.75) is 16.7 Å². The molecule has 1 aromatic heterocycles. The summed E-state index contributed by atoms with van der Waals surface area (Å²) in [4.78, 5) is 7.05. The van der Waals surface area contributed by atoms with E-state index in [2.05, 4.69) is 21.7 Å². The highest BCUT2D eigenvalue weighted by atomic mass is 32.2. The number of pyridine rings is 1. The minimum atomic E-state index is -4.14. The van der Waals surface area contributed by atoms with Crippen molar-refractivity contribution in [2.75, 3.05) is 19.7 Å². The number of benzene rings is 2. The Balaban J connectivity index is 1.52. The van der Waals surface area contributed by atoms with Gasteiger partial charge in [0.15, 0.2) is 5.03 Å². The Morgan fingerprint density at radius 3 is 2.54 bits per heavy atom. The van der Waals surface area contributed by atoms with Crippen LogP contribution in [-0.2, 0) is 10.0 Å². The normalized spacial score (nSPS) is 20.0. The fourth-order valence-electron chi connectivity index (χ4n) is 3.53. The van der Waals surface area contributed by atoms with E-state index in [1.807, 2.05) is 30.3 Å². The molecule has 1 fully saturated rings. The fraction of sp³-hybridized carbons (Fsp3) is 0.200. The molecule has 0 amide bonds. The van der Waals surface area contributed by atoms with Crippen LogP contribution in [0.1, 0.15) is 11.1 Å². The molecule has 178 valence electrons. The summed E-state index contributed by atoms with van der Waals surface area (Å²) < 4.78 is 46.8. The average molecular weight is 494 g/mol. The molecule has 2 aromatic carbocycles. The largest absolute Gasteiger partial charge is 0.486 e. The highest BCUT2D eigenvalue weighted by Crippen LogP contribution is 2.31. The second-order valence-corrected chi connectivity index (χ2v) is 9.78. The van der Waals surface area contributed by atoms with Crippen LogP contribution in [0.15, 0.2) is 71.9 Å². The molecule has 1 aliphatic rings. The van der Waals surface area contributed by atoms with E-state index in [0.717, 1.165) is 15.9 Å². The first kappa shape index (κ1) is 24.3. The van der Waals surface area contributed by atoms with Gasteiger partial charge in [-0.25, -0.2) is 22.6 Å². The predicted octanol–water partition coefficient (Wildman–Crippen LogP) is 2.35. The maximum atomic E-state index is 13.9. The summed E-state index contributed by atoms with van der Waals surface area (Å²) in [6.07, 6.45) is 0.156. The van der Waals surface area contributed by atoms with Crippen LogP contribution in [0, 0.1) is 24.2 Å². The van der Waals surface area contributed by atoms with Gasteiger partial charge in [-0.05, 0) is 36.4 Å². The molecule has 2 N–H and O–H groups in total. The van der Waals surface area contributed by atoms with Gasteiger partial charge in [0.05, 0.1) is 19.7 Å². The predicted molar refractivity (Wildman–Crippen MR) is 125 cm³/mol. The summed E-state index contributed by atoms with van der Waals surface area (Å²) >= 11 is 0.